The maximum absolute atomic E-state index is 12.5. The van der Waals surface area contributed by atoms with Crippen LogP contribution >= 0.6 is 0 Å². The second-order valence-corrected chi connectivity index (χ2v) is 6.72. The molecule has 0 saturated heterocycles. The number of furan rings is 1. The Balaban J connectivity index is 1.77. The topological polar surface area (TPSA) is 82.2 Å². The van der Waals surface area contributed by atoms with Crippen molar-refractivity contribution in [3.8, 4) is 0 Å². The molecule has 0 atom stereocenters. The first-order chi connectivity index (χ1) is 10.9. The van der Waals surface area contributed by atoms with Gasteiger partial charge in [0, 0.05) is 25.2 Å². The van der Waals surface area contributed by atoms with Gasteiger partial charge in [0.2, 0.25) is 5.78 Å². The van der Waals surface area contributed by atoms with Crippen LogP contribution in [-0.2, 0) is 16.1 Å². The summed E-state index contributed by atoms with van der Waals surface area (Å²) < 4.78 is 7.17. The van der Waals surface area contributed by atoms with Gasteiger partial charge >= 0.3 is 0 Å². The lowest BCUT2D eigenvalue weighted by Gasteiger charge is -2.30. The Bertz CT molecular complexity index is 735. The van der Waals surface area contributed by atoms with Crippen molar-refractivity contribution >= 4 is 17.3 Å². The van der Waals surface area contributed by atoms with Crippen molar-refractivity contribution in [3.63, 3.8) is 0 Å². The third-order valence-electron chi connectivity index (χ3n) is 3.99. The van der Waals surface area contributed by atoms with Gasteiger partial charge in [0.25, 0.3) is 0 Å². The minimum Gasteiger partial charge on any atom is -0.456 e. The number of nitrogens with zero attached hydrogens (tertiary/aromatic N) is 2. The molecule has 0 radical (unpaired) electrons. The van der Waals surface area contributed by atoms with Crippen LogP contribution in [0.2, 0.25) is 0 Å². The molecule has 0 spiro atoms. The molecule has 23 heavy (non-hydrogen) atoms. The Morgan fingerprint density at radius 2 is 2.00 bits per heavy atom. The molecule has 2 heterocycles. The van der Waals surface area contributed by atoms with Gasteiger partial charge in [-0.05, 0) is 23.6 Å². The van der Waals surface area contributed by atoms with E-state index < -0.39 is 11.7 Å². The summed E-state index contributed by atoms with van der Waals surface area (Å²) in [5.41, 5.74) is -0.376. The van der Waals surface area contributed by atoms with Crippen molar-refractivity contribution in [1.82, 2.24) is 9.78 Å². The highest BCUT2D eigenvalue weighted by Crippen LogP contribution is 2.35. The predicted molar refractivity (Wildman–Crippen MR) is 80.9 cm³/mol. The molecule has 0 unspecified atom stereocenters. The molecule has 6 heteroatoms. The quantitative estimate of drug-likeness (QED) is 0.638. The number of ketones is 3. The molecule has 1 saturated carbocycles. The molecule has 0 aromatic carbocycles. The highest BCUT2D eigenvalue weighted by Gasteiger charge is 2.44. The predicted octanol–water partition coefficient (Wildman–Crippen LogP) is 2.28. The van der Waals surface area contributed by atoms with Gasteiger partial charge in [-0.15, -0.1) is 0 Å². The molecule has 1 aliphatic carbocycles. The maximum atomic E-state index is 12.5. The highest BCUT2D eigenvalue weighted by molar-refractivity contribution is 6.24. The normalized spacial score (nSPS) is 18.3. The molecule has 120 valence electrons. The van der Waals surface area contributed by atoms with Crippen molar-refractivity contribution in [2.75, 3.05) is 0 Å². The first kappa shape index (κ1) is 15.4. The molecule has 6 nitrogen and oxygen atoms in total. The van der Waals surface area contributed by atoms with E-state index in [2.05, 4.69) is 5.10 Å². The average Bonchev–Trinajstić information content (AvgIpc) is 3.08. The lowest BCUT2D eigenvalue weighted by Crippen LogP contribution is -2.41. The van der Waals surface area contributed by atoms with E-state index in [0.717, 1.165) is 0 Å². The van der Waals surface area contributed by atoms with Crippen molar-refractivity contribution in [2.24, 2.45) is 11.3 Å². The monoisotopic (exact) mass is 314 g/mol. The standard InChI is InChI=1S/C17H18N2O4/c1-17(2)8-12(20)15(13(21)9-17)16(22)14-5-4-11(23-14)10-19-7-3-6-18-19/h3-7,15H,8-10H2,1-2H3. The summed E-state index contributed by atoms with van der Waals surface area (Å²) in [5.74, 6) is -1.79. The van der Waals surface area contributed by atoms with E-state index in [4.69, 9.17) is 4.42 Å². The molecular formula is C17H18N2O4. The van der Waals surface area contributed by atoms with Crippen LogP contribution in [-0.4, -0.2) is 27.1 Å². The van der Waals surface area contributed by atoms with E-state index in [1.807, 2.05) is 13.8 Å². The van der Waals surface area contributed by atoms with Crippen molar-refractivity contribution in [3.05, 3.63) is 42.1 Å². The second kappa shape index (κ2) is 5.61. The first-order valence-electron chi connectivity index (χ1n) is 7.51. The Morgan fingerprint density at radius 1 is 1.30 bits per heavy atom. The van der Waals surface area contributed by atoms with Crippen molar-refractivity contribution in [2.45, 2.75) is 33.2 Å². The van der Waals surface area contributed by atoms with Gasteiger partial charge in [-0.25, -0.2) is 0 Å². The molecule has 1 fully saturated rings. The van der Waals surface area contributed by atoms with E-state index in [0.29, 0.717) is 12.3 Å². The van der Waals surface area contributed by atoms with Gasteiger partial charge in [0.1, 0.15) is 11.7 Å². The molecule has 2 aromatic heterocycles. The molecule has 0 aliphatic heterocycles. The van der Waals surface area contributed by atoms with Gasteiger partial charge in [0.05, 0.1) is 6.54 Å². The fourth-order valence-corrected chi connectivity index (χ4v) is 2.97. The van der Waals surface area contributed by atoms with Gasteiger partial charge < -0.3 is 4.42 Å². The van der Waals surface area contributed by atoms with E-state index in [1.165, 1.54) is 6.07 Å². The number of carbonyl (C=O) groups is 3. The van der Waals surface area contributed by atoms with Crippen LogP contribution in [0.3, 0.4) is 0 Å². The zero-order valence-corrected chi connectivity index (χ0v) is 13.1. The van der Waals surface area contributed by atoms with E-state index in [-0.39, 0.29) is 35.6 Å². The van der Waals surface area contributed by atoms with Crippen LogP contribution in [0.5, 0.6) is 0 Å². The summed E-state index contributed by atoms with van der Waals surface area (Å²) in [5, 5.41) is 4.06. The maximum Gasteiger partial charge on any atom is 0.215 e. The zero-order valence-electron chi connectivity index (χ0n) is 13.1. The fourth-order valence-electron chi connectivity index (χ4n) is 2.97. The van der Waals surface area contributed by atoms with Gasteiger partial charge in [-0.1, -0.05) is 13.8 Å². The number of Topliss-reactive ketones (excluding diaryl/α,β-unsaturated/α-hetero) is 3. The fraction of sp³-hybridized carbons (Fsp3) is 0.412. The van der Waals surface area contributed by atoms with Crippen molar-refractivity contribution < 1.29 is 18.8 Å². The minimum absolute atomic E-state index is 0.0542. The Labute approximate surface area is 133 Å². The summed E-state index contributed by atoms with van der Waals surface area (Å²) in [7, 11) is 0. The van der Waals surface area contributed by atoms with Crippen LogP contribution in [0, 0.1) is 11.3 Å². The average molecular weight is 314 g/mol. The van der Waals surface area contributed by atoms with Crippen LogP contribution in [0.4, 0.5) is 0 Å². The molecule has 0 N–H and O–H groups in total. The summed E-state index contributed by atoms with van der Waals surface area (Å²) in [6.45, 7) is 4.11. The lowest BCUT2D eigenvalue weighted by atomic mass is 9.70. The first-order valence-corrected chi connectivity index (χ1v) is 7.51. The molecular weight excluding hydrogens is 296 g/mol. The third kappa shape index (κ3) is 3.16. The molecule has 0 amide bonds. The van der Waals surface area contributed by atoms with Crippen LogP contribution in [0.15, 0.2) is 35.0 Å². The van der Waals surface area contributed by atoms with E-state index in [9.17, 15) is 14.4 Å². The molecule has 2 aromatic rings. The summed E-state index contributed by atoms with van der Waals surface area (Å²) in [6.07, 6.45) is 3.89. The second-order valence-electron chi connectivity index (χ2n) is 6.72. The smallest absolute Gasteiger partial charge is 0.215 e. The SMILES string of the molecule is CC1(C)CC(=O)C(C(=O)c2ccc(Cn3cccn3)o2)C(=O)C1. The van der Waals surface area contributed by atoms with E-state index >= 15 is 0 Å². The number of hydrogen-bond donors (Lipinski definition) is 0. The van der Waals surface area contributed by atoms with Gasteiger partial charge in [-0.3, -0.25) is 19.1 Å². The van der Waals surface area contributed by atoms with E-state index in [1.54, 1.807) is 29.2 Å². The molecule has 0 bridgehead atoms. The number of hydrogen-bond acceptors (Lipinski definition) is 5. The Kier molecular flexibility index (Phi) is 3.75. The summed E-state index contributed by atoms with van der Waals surface area (Å²) in [4.78, 5) is 36.9. The number of aromatic nitrogens is 2. The lowest BCUT2D eigenvalue weighted by molar-refractivity contribution is -0.137. The molecule has 1 aliphatic rings. The van der Waals surface area contributed by atoms with Gasteiger partial charge in [-0.2, -0.15) is 5.10 Å². The number of rotatable bonds is 4. The zero-order chi connectivity index (χ0) is 16.6. The molecule has 3 rings (SSSR count). The summed E-state index contributed by atoms with van der Waals surface area (Å²) >= 11 is 0. The van der Waals surface area contributed by atoms with Crippen LogP contribution in [0.25, 0.3) is 0 Å². The third-order valence-corrected chi connectivity index (χ3v) is 3.99. The summed E-state index contributed by atoms with van der Waals surface area (Å²) in [6, 6.07) is 4.97. The minimum atomic E-state index is -1.22. The highest BCUT2D eigenvalue weighted by atomic mass is 16.3. The Morgan fingerprint density at radius 3 is 2.61 bits per heavy atom. The number of carbonyl (C=O) groups excluding carboxylic acids is 3. The Hall–Kier alpha value is -2.50. The van der Waals surface area contributed by atoms with Crippen molar-refractivity contribution in [1.29, 1.82) is 0 Å². The van der Waals surface area contributed by atoms with Gasteiger partial charge in [0.15, 0.2) is 17.3 Å². The van der Waals surface area contributed by atoms with Crippen LogP contribution < -0.4 is 0 Å². The largest absolute Gasteiger partial charge is 0.456 e. The van der Waals surface area contributed by atoms with Crippen LogP contribution in [0.1, 0.15) is 43.0 Å².